The molecule has 0 aliphatic carbocycles. The van der Waals surface area contributed by atoms with Gasteiger partial charge in [0.1, 0.15) is 5.75 Å². The lowest BCUT2D eigenvalue weighted by molar-refractivity contribution is 0.0979. The smallest absolute Gasteiger partial charge is 0.262 e. The summed E-state index contributed by atoms with van der Waals surface area (Å²) < 4.78 is 29.4. The Bertz CT molecular complexity index is 933. The van der Waals surface area contributed by atoms with Crippen molar-refractivity contribution in [3.05, 3.63) is 71.1 Å². The van der Waals surface area contributed by atoms with Gasteiger partial charge in [0.2, 0.25) is 0 Å². The second-order valence-electron chi connectivity index (χ2n) is 6.17. The van der Waals surface area contributed by atoms with Gasteiger partial charge in [-0.15, -0.1) is 0 Å². The van der Waals surface area contributed by atoms with Gasteiger partial charge in [0, 0.05) is 11.1 Å². The summed E-state index contributed by atoms with van der Waals surface area (Å²) in [4.78, 5) is 14.9. The van der Waals surface area contributed by atoms with Crippen LogP contribution in [0.2, 0.25) is 0 Å². The number of rotatable bonds is 5. The van der Waals surface area contributed by atoms with E-state index in [9.17, 15) is 13.2 Å². The first-order valence-corrected chi connectivity index (χ1v) is 10.2. The van der Waals surface area contributed by atoms with Crippen molar-refractivity contribution in [1.82, 2.24) is 0 Å². The molecule has 2 aromatic rings. The van der Waals surface area contributed by atoms with Crippen molar-refractivity contribution in [2.75, 3.05) is 17.3 Å². The lowest BCUT2D eigenvalue weighted by atomic mass is 10.1. The van der Waals surface area contributed by atoms with E-state index in [-0.39, 0.29) is 11.7 Å². The Labute approximate surface area is 153 Å². The van der Waals surface area contributed by atoms with Gasteiger partial charge in [0.05, 0.1) is 24.0 Å². The van der Waals surface area contributed by atoms with Gasteiger partial charge >= 0.3 is 0 Å². The van der Waals surface area contributed by atoms with Crippen molar-refractivity contribution in [2.45, 2.75) is 19.9 Å². The molecule has 3 rings (SSSR count). The summed E-state index contributed by atoms with van der Waals surface area (Å²) in [5, 5.41) is 1.18. The van der Waals surface area contributed by atoms with Crippen LogP contribution in [0.5, 0.6) is 5.75 Å². The van der Waals surface area contributed by atoms with Gasteiger partial charge in [-0.05, 0) is 44.2 Å². The van der Waals surface area contributed by atoms with E-state index in [0.717, 1.165) is 5.56 Å². The van der Waals surface area contributed by atoms with Gasteiger partial charge in [-0.25, -0.2) is 8.42 Å². The molecular weight excluding hydrogens is 350 g/mol. The van der Waals surface area contributed by atoms with Gasteiger partial charge in [-0.1, -0.05) is 29.8 Å². The van der Waals surface area contributed by atoms with Gasteiger partial charge in [0.25, 0.3) is 5.91 Å². The van der Waals surface area contributed by atoms with Crippen LogP contribution >= 0.6 is 0 Å². The summed E-state index contributed by atoms with van der Waals surface area (Å²) in [6.07, 6.45) is 1.57. The largest absolute Gasteiger partial charge is 0.493 e. The summed E-state index contributed by atoms with van der Waals surface area (Å²) in [5.74, 6) is 0.0789. The molecule has 1 aliphatic rings. The number of aryl methyl sites for hydroxylation is 1. The Kier molecular flexibility index (Phi) is 5.13. The molecule has 1 amide bonds. The zero-order valence-corrected chi connectivity index (χ0v) is 15.6. The van der Waals surface area contributed by atoms with Crippen LogP contribution < -0.4 is 9.64 Å². The van der Waals surface area contributed by atoms with Crippen LogP contribution in [0.3, 0.4) is 0 Å². The third-order valence-electron chi connectivity index (χ3n) is 4.19. The first kappa shape index (κ1) is 18.2. The lowest BCUT2D eigenvalue weighted by Gasteiger charge is -2.28. The molecular formula is C20H21NO4S. The Morgan fingerprint density at radius 1 is 1.15 bits per heavy atom. The molecule has 0 radical (unpaired) electrons. The molecule has 1 aliphatic heterocycles. The van der Waals surface area contributed by atoms with E-state index in [4.69, 9.17) is 4.74 Å². The third-order valence-corrected chi connectivity index (χ3v) is 5.57. The molecule has 6 heteroatoms. The zero-order chi connectivity index (χ0) is 18.7. The number of carbonyl (C=O) groups excluding carboxylic acids is 1. The molecule has 0 bridgehead atoms. The summed E-state index contributed by atoms with van der Waals surface area (Å²) in [7, 11) is -3.30. The third kappa shape index (κ3) is 3.80. The Hall–Kier alpha value is -2.60. The van der Waals surface area contributed by atoms with Crippen LogP contribution in [0.15, 0.2) is 60.0 Å². The number of amides is 1. The highest BCUT2D eigenvalue weighted by molar-refractivity contribution is 7.94. The number of benzene rings is 2. The SMILES string of the molecule is CCOc1ccccc1C(=O)N(c1ccc(C)cc1)[C@H]1C=CS(=O)(=O)C1. The quantitative estimate of drug-likeness (QED) is 0.809. The molecule has 5 nitrogen and oxygen atoms in total. The van der Waals surface area contributed by atoms with E-state index in [1.165, 1.54) is 10.3 Å². The molecule has 0 spiro atoms. The van der Waals surface area contributed by atoms with Crippen molar-refractivity contribution in [3.8, 4) is 5.75 Å². The average molecular weight is 371 g/mol. The van der Waals surface area contributed by atoms with Crippen LogP contribution in [0.4, 0.5) is 5.69 Å². The molecule has 0 fully saturated rings. The van der Waals surface area contributed by atoms with Crippen LogP contribution in [0.1, 0.15) is 22.8 Å². The molecule has 2 aromatic carbocycles. The lowest BCUT2D eigenvalue weighted by Crippen LogP contribution is -2.41. The van der Waals surface area contributed by atoms with Crippen molar-refractivity contribution in [2.24, 2.45) is 0 Å². The minimum absolute atomic E-state index is 0.122. The molecule has 0 saturated heterocycles. The maximum absolute atomic E-state index is 13.3. The second kappa shape index (κ2) is 7.33. The number of anilines is 1. The minimum atomic E-state index is -3.30. The van der Waals surface area contributed by atoms with Crippen LogP contribution in [-0.2, 0) is 9.84 Å². The molecule has 0 aromatic heterocycles. The standard InChI is InChI=1S/C20H21NO4S/c1-3-25-19-7-5-4-6-18(19)20(22)21(16-10-8-15(2)9-11-16)17-12-13-26(23,24)14-17/h4-13,17H,3,14H2,1-2H3/t17-/m0/s1. The summed E-state index contributed by atoms with van der Waals surface area (Å²) >= 11 is 0. The number of hydrogen-bond donors (Lipinski definition) is 0. The number of nitrogens with zero attached hydrogens (tertiary/aromatic N) is 1. The summed E-state index contributed by atoms with van der Waals surface area (Å²) in [6, 6.07) is 13.9. The topological polar surface area (TPSA) is 63.7 Å². The molecule has 1 atom stereocenters. The number of ether oxygens (including phenoxy) is 1. The second-order valence-corrected chi connectivity index (χ2v) is 8.10. The summed E-state index contributed by atoms with van der Waals surface area (Å²) in [5.41, 5.74) is 2.12. The molecule has 1 heterocycles. The van der Waals surface area contributed by atoms with E-state index in [2.05, 4.69) is 0 Å². The Morgan fingerprint density at radius 3 is 2.46 bits per heavy atom. The summed E-state index contributed by atoms with van der Waals surface area (Å²) in [6.45, 7) is 4.25. The van der Waals surface area contributed by atoms with Crippen LogP contribution in [0.25, 0.3) is 0 Å². The maximum atomic E-state index is 13.3. The van der Waals surface area contributed by atoms with Crippen molar-refractivity contribution < 1.29 is 17.9 Å². The van der Waals surface area contributed by atoms with Gasteiger partial charge < -0.3 is 9.64 Å². The zero-order valence-electron chi connectivity index (χ0n) is 14.8. The van der Waals surface area contributed by atoms with Crippen LogP contribution in [-0.4, -0.2) is 32.7 Å². The van der Waals surface area contributed by atoms with Crippen molar-refractivity contribution in [3.63, 3.8) is 0 Å². The van der Waals surface area contributed by atoms with Crippen LogP contribution in [0, 0.1) is 6.92 Å². The number of sulfone groups is 1. The Morgan fingerprint density at radius 2 is 1.85 bits per heavy atom. The highest BCUT2D eigenvalue weighted by atomic mass is 32.2. The monoisotopic (exact) mass is 371 g/mol. The highest BCUT2D eigenvalue weighted by Gasteiger charge is 2.33. The molecule has 0 saturated carbocycles. The molecule has 0 unspecified atom stereocenters. The van der Waals surface area contributed by atoms with Crippen molar-refractivity contribution in [1.29, 1.82) is 0 Å². The maximum Gasteiger partial charge on any atom is 0.262 e. The minimum Gasteiger partial charge on any atom is -0.493 e. The fraction of sp³-hybridized carbons (Fsp3) is 0.250. The van der Waals surface area contributed by atoms with Gasteiger partial charge in [-0.2, -0.15) is 0 Å². The van der Waals surface area contributed by atoms with Crippen molar-refractivity contribution >= 4 is 21.4 Å². The fourth-order valence-corrected chi connectivity index (χ4v) is 4.21. The first-order chi connectivity index (χ1) is 12.4. The van der Waals surface area contributed by atoms with E-state index >= 15 is 0 Å². The van der Waals surface area contributed by atoms with Gasteiger partial charge in [-0.3, -0.25) is 4.79 Å². The van der Waals surface area contributed by atoms with E-state index in [1.54, 1.807) is 30.3 Å². The van der Waals surface area contributed by atoms with E-state index < -0.39 is 15.9 Å². The predicted octanol–water partition coefficient (Wildman–Crippen LogP) is 3.35. The first-order valence-electron chi connectivity index (χ1n) is 8.44. The molecule has 26 heavy (non-hydrogen) atoms. The number of para-hydroxylation sites is 1. The number of hydrogen-bond acceptors (Lipinski definition) is 4. The van der Waals surface area contributed by atoms with Gasteiger partial charge in [0.15, 0.2) is 9.84 Å². The fourth-order valence-electron chi connectivity index (χ4n) is 2.94. The molecule has 0 N–H and O–H groups in total. The number of carbonyl (C=O) groups is 1. The van der Waals surface area contributed by atoms with E-state index in [0.29, 0.717) is 23.6 Å². The average Bonchev–Trinajstić information content (AvgIpc) is 2.97. The Balaban J connectivity index is 2.05. The van der Waals surface area contributed by atoms with E-state index in [1.807, 2.05) is 38.1 Å². The predicted molar refractivity (Wildman–Crippen MR) is 102 cm³/mol. The highest BCUT2D eigenvalue weighted by Crippen LogP contribution is 2.28. The normalized spacial score (nSPS) is 17.8. The molecule has 136 valence electrons.